The molecule has 0 aliphatic carbocycles. The molecule has 4 rings (SSSR count). The molecule has 2 aromatic carbocycles. The number of hydrogen-bond donors (Lipinski definition) is 9. The van der Waals surface area contributed by atoms with Crippen molar-refractivity contribution in [3.63, 3.8) is 0 Å². The lowest BCUT2D eigenvalue weighted by Gasteiger charge is -2.44. The maximum atomic E-state index is 14.5. The van der Waals surface area contributed by atoms with Crippen molar-refractivity contribution in [3.8, 4) is 5.75 Å². The number of methoxy groups -OCH3 is 3. The first-order chi connectivity index (χ1) is 44.3. The van der Waals surface area contributed by atoms with Gasteiger partial charge in [-0.05, 0) is 79.5 Å². The van der Waals surface area contributed by atoms with Crippen LogP contribution in [0.5, 0.6) is 5.75 Å². The van der Waals surface area contributed by atoms with Crippen molar-refractivity contribution in [3.05, 3.63) is 59.7 Å². The molecule has 2 aliphatic heterocycles. The number of carboxylic acids is 3. The number of benzene rings is 2. The van der Waals surface area contributed by atoms with E-state index in [1.54, 1.807) is 71.0 Å². The number of nitrogens with zero attached hydrogens (tertiary/aromatic N) is 3. The number of likely N-dealkylation sites (tertiary alicyclic amines) is 1. The third-order valence-electron chi connectivity index (χ3n) is 17.5. The van der Waals surface area contributed by atoms with Crippen molar-refractivity contribution in [2.45, 2.75) is 201 Å². The smallest absolute Gasteiger partial charge is 0.335 e. The van der Waals surface area contributed by atoms with Gasteiger partial charge in [0.25, 0.3) is 0 Å². The van der Waals surface area contributed by atoms with Crippen LogP contribution in [0.25, 0.3) is 0 Å². The van der Waals surface area contributed by atoms with Gasteiger partial charge in [-0.25, -0.2) is 9.68 Å². The highest BCUT2D eigenvalue weighted by Gasteiger charge is 2.52. The predicted molar refractivity (Wildman–Crippen MR) is 340 cm³/mol. The molecule has 530 valence electrons. The summed E-state index contributed by atoms with van der Waals surface area (Å²) in [6.07, 6.45) is -7.68. The van der Waals surface area contributed by atoms with E-state index in [2.05, 4.69) is 21.4 Å². The lowest BCUT2D eigenvalue weighted by atomic mass is 9.71. The van der Waals surface area contributed by atoms with Crippen molar-refractivity contribution < 1.29 is 102 Å². The average Bonchev–Trinajstić information content (AvgIpc) is 0.913. The molecule has 0 saturated carbocycles. The van der Waals surface area contributed by atoms with Crippen LogP contribution in [0.15, 0.2) is 48.5 Å². The molecule has 0 spiro atoms. The molecule has 29 heteroatoms. The Hall–Kier alpha value is -6.48. The van der Waals surface area contributed by atoms with E-state index >= 15 is 0 Å². The minimum atomic E-state index is -1.76. The number of aliphatic hydroxyl groups excluding tert-OH is 1. The second kappa shape index (κ2) is 38.3. The summed E-state index contributed by atoms with van der Waals surface area (Å²) in [7, 11) is 7.43. The van der Waals surface area contributed by atoms with Crippen LogP contribution >= 0.6 is 0 Å². The number of nitrogens with two attached hydrogens (primary N) is 1. The lowest BCUT2D eigenvalue weighted by Crippen LogP contribution is -2.54. The Morgan fingerprint density at radius 3 is 1.95 bits per heavy atom. The van der Waals surface area contributed by atoms with Crippen LogP contribution in [0.3, 0.4) is 0 Å². The number of aliphatic carboxylic acids is 3. The molecule has 29 nitrogen and oxygen atoms in total. The predicted octanol–water partition coefficient (Wildman–Crippen LogP) is 5.01. The van der Waals surface area contributed by atoms with E-state index in [4.69, 9.17) is 49.0 Å². The second-order valence-corrected chi connectivity index (χ2v) is 25.5. The molecule has 2 heterocycles. The topological polar surface area (TPSA) is 384 Å². The van der Waals surface area contributed by atoms with Crippen LogP contribution in [0.2, 0.25) is 0 Å². The van der Waals surface area contributed by atoms with Gasteiger partial charge >= 0.3 is 23.9 Å². The van der Waals surface area contributed by atoms with Crippen LogP contribution in [0, 0.1) is 47.3 Å². The Morgan fingerprint density at radius 1 is 0.755 bits per heavy atom. The number of ether oxygens (including phenoxy) is 5. The molecular weight excluding hydrogens is 1230 g/mol. The minimum absolute atomic E-state index is 0.00405. The molecule has 94 heavy (non-hydrogen) atoms. The van der Waals surface area contributed by atoms with Crippen molar-refractivity contribution in [1.29, 1.82) is 0 Å². The van der Waals surface area contributed by atoms with Gasteiger partial charge in [-0.1, -0.05) is 105 Å². The number of hydroxylamine groups is 5. The maximum Gasteiger partial charge on any atom is 0.335 e. The first kappa shape index (κ1) is 80.0. The van der Waals surface area contributed by atoms with E-state index in [0.717, 1.165) is 7.11 Å². The molecular formula is C65H104N8O21. The van der Waals surface area contributed by atoms with E-state index in [-0.39, 0.29) is 60.0 Å². The van der Waals surface area contributed by atoms with E-state index < -0.39 is 152 Å². The van der Waals surface area contributed by atoms with Crippen molar-refractivity contribution >= 4 is 53.2 Å². The first-order valence-electron chi connectivity index (χ1n) is 32.1. The summed E-state index contributed by atoms with van der Waals surface area (Å²) in [5, 5.41) is 52.2. The zero-order valence-electron chi connectivity index (χ0n) is 57.2. The van der Waals surface area contributed by atoms with Crippen LogP contribution < -0.4 is 31.9 Å². The number of hydrogen-bond acceptors (Lipinski definition) is 22. The molecule has 2 saturated heterocycles. The van der Waals surface area contributed by atoms with Gasteiger partial charge in [0.2, 0.25) is 29.9 Å². The highest BCUT2D eigenvalue weighted by atomic mass is 17.3. The highest BCUT2D eigenvalue weighted by molar-refractivity contribution is 5.98. The highest BCUT2D eigenvalue weighted by Crippen LogP contribution is 2.44. The van der Waals surface area contributed by atoms with E-state index in [1.807, 2.05) is 59.7 Å². The largest absolute Gasteiger partial charge is 0.481 e. The third kappa shape index (κ3) is 22.8. The fourth-order valence-corrected chi connectivity index (χ4v) is 11.9. The van der Waals surface area contributed by atoms with Crippen LogP contribution in [0.4, 0.5) is 5.69 Å². The zero-order valence-corrected chi connectivity index (χ0v) is 57.2. The number of likely N-dealkylation sites (N-methyl/N-ethyl adjacent to an activating group) is 1. The lowest BCUT2D eigenvalue weighted by molar-refractivity contribution is -0.463. The summed E-state index contributed by atoms with van der Waals surface area (Å²) in [6, 6.07) is 9.84. The Balaban J connectivity index is 1.53. The summed E-state index contributed by atoms with van der Waals surface area (Å²) in [5.74, 6) is -12.9. The number of nitrogens with one attached hydrogen (secondary N) is 4. The number of carbonyl (C=O) groups is 8. The van der Waals surface area contributed by atoms with Crippen LogP contribution in [-0.4, -0.2) is 192 Å². The van der Waals surface area contributed by atoms with Crippen molar-refractivity contribution in [1.82, 2.24) is 31.1 Å². The molecule has 2 fully saturated rings. The Morgan fingerprint density at radius 2 is 1.38 bits per heavy atom. The van der Waals surface area contributed by atoms with Gasteiger partial charge in [-0.2, -0.15) is 10.5 Å². The summed E-state index contributed by atoms with van der Waals surface area (Å²) >= 11 is 0. The van der Waals surface area contributed by atoms with Crippen LogP contribution in [0.1, 0.15) is 138 Å². The summed E-state index contributed by atoms with van der Waals surface area (Å²) < 4.78 is 29.5. The summed E-state index contributed by atoms with van der Waals surface area (Å²) in [6.45, 7) is 20.2. The Labute approximate surface area is 551 Å². The third-order valence-corrected chi connectivity index (χ3v) is 17.5. The molecule has 2 aliphatic rings. The number of aliphatic hydroxyl groups is 1. The van der Waals surface area contributed by atoms with Crippen LogP contribution in [-0.2, 0) is 83.5 Å². The number of rotatable bonds is 40. The molecule has 10 N–H and O–H groups in total. The van der Waals surface area contributed by atoms with Gasteiger partial charge in [0.05, 0.1) is 80.5 Å². The maximum absolute atomic E-state index is 14.5. The van der Waals surface area contributed by atoms with Gasteiger partial charge in [0.15, 0.2) is 18.6 Å². The normalized spacial score (nSPS) is 21.9. The van der Waals surface area contributed by atoms with Crippen molar-refractivity contribution in [2.75, 3.05) is 47.3 Å². The quantitative estimate of drug-likeness (QED) is 0.0183. The van der Waals surface area contributed by atoms with E-state index in [1.165, 1.54) is 37.3 Å². The number of esters is 1. The minimum Gasteiger partial charge on any atom is -0.481 e. The average molecular weight is 1330 g/mol. The SMILES string of the molecule is CC[C@H](C)[C@@H]([C@@H](CC(=O)N1CCC[C@H]1[C@H](OC)[C@@H](C)C(=O)N[C@H](C)[C@@H](O)c1ccccc1)OC)N(C)O[C@H](NO[C@@H](C(C)C)N(C)OOCc1ccc(NC(=O)[C@H](C)NC(=O)[C@@H](N)C(C)C)c(O[C@@H]2O[C@H](C(=O)OC)[C@@H](CC(=O)O)[C@H](CC(=O)O)[C@H]2CC(=O)O)c1)C(C)C. The zero-order chi connectivity index (χ0) is 70.4. The van der Waals surface area contributed by atoms with Crippen molar-refractivity contribution in [2.24, 2.45) is 53.1 Å². The van der Waals surface area contributed by atoms with E-state index in [9.17, 15) is 58.8 Å². The van der Waals surface area contributed by atoms with E-state index in [0.29, 0.717) is 36.9 Å². The van der Waals surface area contributed by atoms with Gasteiger partial charge in [-0.15, -0.1) is 10.1 Å². The number of carboxylic acid groups (broad SMARTS) is 3. The fraction of sp³-hybridized carbons (Fsp3) is 0.692. The second-order valence-electron chi connectivity index (χ2n) is 25.5. The number of carbonyl (C=O) groups excluding carboxylic acids is 5. The van der Waals surface area contributed by atoms with Gasteiger partial charge in [-0.3, -0.25) is 43.2 Å². The van der Waals surface area contributed by atoms with Gasteiger partial charge < -0.3 is 70.7 Å². The number of amides is 4. The monoisotopic (exact) mass is 1330 g/mol. The van der Waals surface area contributed by atoms with Gasteiger partial charge in [0, 0.05) is 53.1 Å². The molecule has 17 atom stereocenters. The molecule has 0 bridgehead atoms. The molecule has 2 aromatic rings. The summed E-state index contributed by atoms with van der Waals surface area (Å²) in [5.41, 5.74) is 10.0. The van der Waals surface area contributed by atoms with Gasteiger partial charge in [0.1, 0.15) is 18.4 Å². The Bertz CT molecular complexity index is 2770. The molecule has 0 unspecified atom stereocenters. The Kier molecular flexibility index (Phi) is 32.6. The number of anilines is 1. The molecule has 0 radical (unpaired) electrons. The molecule has 4 amide bonds. The molecule has 0 aromatic heterocycles. The fourth-order valence-electron chi connectivity index (χ4n) is 11.9. The summed E-state index contributed by atoms with van der Waals surface area (Å²) in [4.78, 5) is 131. The first-order valence-corrected chi connectivity index (χ1v) is 32.1. The standard InChI is InChI=1S/C65H104N8O21/c1-17-37(8)55(49(86-14)32-50(74)73-27-21-24-47(73)57(87-15)38(9)59(82)67-39(10)56(81)42-22-19-18-20-23-42)71(12)93-62(35(4)5)70-92-63(36(6)7)72(13)94-89-33-41-25-26-46(69-60(83)40(11)68-61(84)54(66)34(2)3)48(28-41)90-65-45(31-53(79)80)43(29-51(75)76)44(30-52(77)78)58(91-65)64(85)88-16/h18-20,22-23,25-26,28,34-40,43-45,47,49,54-58,62-63,65,70,81H,17,21,24,27,29-33,66H2,1-16H3,(H,67,82)(H,68,84)(H,69,83)(H,75,76)(H,77,78)(H,79,80)/t37-,38+,39+,40-,43-,44-,45+,47-,49+,54-,55-,56+,57+,58-,62-,63-,65+/m0/s1.